The molecule has 2 heteroatoms. The van der Waals surface area contributed by atoms with Crippen LogP contribution in [0.15, 0.2) is 0 Å². The van der Waals surface area contributed by atoms with Gasteiger partial charge in [0.2, 0.25) is 0 Å². The highest BCUT2D eigenvalue weighted by atomic mass is 15.2. The van der Waals surface area contributed by atoms with Crippen molar-refractivity contribution in [2.24, 2.45) is 11.8 Å². The summed E-state index contributed by atoms with van der Waals surface area (Å²) in [5.41, 5.74) is 0. The molecule has 0 aliphatic carbocycles. The van der Waals surface area contributed by atoms with Gasteiger partial charge in [0, 0.05) is 31.2 Å². The van der Waals surface area contributed by atoms with Crippen LogP contribution in [0.4, 0.5) is 0 Å². The number of likely N-dealkylation sites (tertiary alicyclic amines) is 1. The highest BCUT2D eigenvalue weighted by molar-refractivity contribution is 5.08. The van der Waals surface area contributed by atoms with Crippen molar-refractivity contribution in [2.75, 3.05) is 13.1 Å². The number of hydrogen-bond donors (Lipinski definition) is 1. The van der Waals surface area contributed by atoms with E-state index in [4.69, 9.17) is 0 Å². The molecule has 13 heavy (non-hydrogen) atoms. The monoisotopic (exact) mass is 180 g/mol. The fourth-order valence-corrected chi connectivity index (χ4v) is 3.64. The number of rotatable bonds is 1. The lowest BCUT2D eigenvalue weighted by atomic mass is 9.82. The molecule has 2 nitrogen and oxygen atoms in total. The van der Waals surface area contributed by atoms with E-state index in [1.165, 1.54) is 25.9 Å². The van der Waals surface area contributed by atoms with Gasteiger partial charge in [0.15, 0.2) is 0 Å². The Balaban J connectivity index is 1.76. The van der Waals surface area contributed by atoms with Gasteiger partial charge in [-0.3, -0.25) is 0 Å². The summed E-state index contributed by atoms with van der Waals surface area (Å²) in [6.07, 6.45) is 2.88. The second-order valence-corrected chi connectivity index (χ2v) is 5.33. The molecule has 4 atom stereocenters. The van der Waals surface area contributed by atoms with E-state index in [2.05, 4.69) is 24.1 Å². The number of nitrogens with one attached hydrogen (secondary N) is 1. The van der Waals surface area contributed by atoms with Gasteiger partial charge in [0.05, 0.1) is 0 Å². The Labute approximate surface area is 80.7 Å². The maximum absolute atomic E-state index is 3.76. The molecule has 1 N–H and O–H groups in total. The maximum atomic E-state index is 3.76. The second kappa shape index (κ2) is 2.71. The summed E-state index contributed by atoms with van der Waals surface area (Å²) in [6, 6.07) is 2.50. The summed E-state index contributed by atoms with van der Waals surface area (Å²) in [4.78, 5) is 2.67. The normalized spacial score (nSPS) is 49.2. The number of nitrogens with zero attached hydrogens (tertiary/aromatic N) is 1. The van der Waals surface area contributed by atoms with Crippen LogP contribution in [0.3, 0.4) is 0 Å². The predicted octanol–water partition coefficient (Wildman–Crippen LogP) is 1.08. The molecule has 0 radical (unpaired) electrons. The van der Waals surface area contributed by atoms with Crippen molar-refractivity contribution in [3.05, 3.63) is 0 Å². The number of fused-ring (bicyclic) bond motifs is 5. The SMILES string of the molecule is CC(C)N1CC2C3CC[C@H](N3)C2C1. The Morgan fingerprint density at radius 3 is 2.08 bits per heavy atom. The van der Waals surface area contributed by atoms with E-state index in [9.17, 15) is 0 Å². The molecule has 0 amide bonds. The van der Waals surface area contributed by atoms with Gasteiger partial charge in [-0.1, -0.05) is 0 Å². The second-order valence-electron chi connectivity index (χ2n) is 5.33. The van der Waals surface area contributed by atoms with Crippen molar-refractivity contribution in [3.63, 3.8) is 0 Å². The van der Waals surface area contributed by atoms with Crippen molar-refractivity contribution in [3.8, 4) is 0 Å². The lowest BCUT2D eigenvalue weighted by Gasteiger charge is -2.22. The standard InChI is InChI=1S/C11H20N2/c1-7(2)13-5-8-9(6-13)11-4-3-10(8)12-11/h7-12H,3-6H2,1-2H3/t8?,9?,10-,11?/m0/s1. The van der Waals surface area contributed by atoms with Crippen molar-refractivity contribution in [1.29, 1.82) is 0 Å². The van der Waals surface area contributed by atoms with Gasteiger partial charge in [-0.2, -0.15) is 0 Å². The molecule has 3 unspecified atom stereocenters. The van der Waals surface area contributed by atoms with E-state index in [0.717, 1.165) is 30.0 Å². The molecule has 2 bridgehead atoms. The average molecular weight is 180 g/mol. The van der Waals surface area contributed by atoms with Gasteiger partial charge in [-0.15, -0.1) is 0 Å². The third kappa shape index (κ3) is 1.08. The number of hydrogen-bond acceptors (Lipinski definition) is 2. The van der Waals surface area contributed by atoms with Gasteiger partial charge in [-0.05, 0) is 38.5 Å². The molecule has 0 aromatic rings. The van der Waals surface area contributed by atoms with E-state index >= 15 is 0 Å². The quantitative estimate of drug-likeness (QED) is 0.649. The van der Waals surface area contributed by atoms with Gasteiger partial charge in [0.25, 0.3) is 0 Å². The highest BCUT2D eigenvalue weighted by Crippen LogP contribution is 2.43. The Bertz CT molecular complexity index is 196. The highest BCUT2D eigenvalue weighted by Gasteiger charge is 2.51. The third-order valence-electron chi connectivity index (χ3n) is 4.42. The molecule has 3 aliphatic heterocycles. The van der Waals surface area contributed by atoms with Crippen molar-refractivity contribution < 1.29 is 0 Å². The van der Waals surface area contributed by atoms with Crippen LogP contribution in [0, 0.1) is 11.8 Å². The van der Waals surface area contributed by atoms with Crippen LogP contribution < -0.4 is 5.32 Å². The first-order valence-electron chi connectivity index (χ1n) is 5.76. The van der Waals surface area contributed by atoms with E-state index in [0.29, 0.717) is 0 Å². The van der Waals surface area contributed by atoms with Crippen LogP contribution >= 0.6 is 0 Å². The Kier molecular flexibility index (Phi) is 1.72. The zero-order valence-corrected chi connectivity index (χ0v) is 8.66. The first kappa shape index (κ1) is 8.25. The molecule has 0 aromatic heterocycles. The largest absolute Gasteiger partial charge is 0.311 e. The summed E-state index contributed by atoms with van der Waals surface area (Å²) < 4.78 is 0. The van der Waals surface area contributed by atoms with Crippen LogP contribution in [-0.4, -0.2) is 36.1 Å². The van der Waals surface area contributed by atoms with Crippen molar-refractivity contribution >= 4 is 0 Å². The first-order valence-corrected chi connectivity index (χ1v) is 5.76. The zero-order chi connectivity index (χ0) is 9.00. The molecule has 3 fully saturated rings. The smallest absolute Gasteiger partial charge is 0.0115 e. The predicted molar refractivity (Wildman–Crippen MR) is 53.6 cm³/mol. The molecule has 3 aliphatic rings. The summed E-state index contributed by atoms with van der Waals surface area (Å²) >= 11 is 0. The topological polar surface area (TPSA) is 15.3 Å². The zero-order valence-electron chi connectivity index (χ0n) is 8.66. The van der Waals surface area contributed by atoms with Crippen molar-refractivity contribution in [2.45, 2.75) is 44.8 Å². The third-order valence-corrected chi connectivity index (χ3v) is 4.42. The Morgan fingerprint density at radius 2 is 1.62 bits per heavy atom. The molecule has 3 saturated heterocycles. The van der Waals surface area contributed by atoms with Crippen LogP contribution in [0.25, 0.3) is 0 Å². The summed E-state index contributed by atoms with van der Waals surface area (Å²) in [6.45, 7) is 7.37. The first-order chi connectivity index (χ1) is 6.25. The minimum atomic E-state index is 0.755. The molecular formula is C11H20N2. The van der Waals surface area contributed by atoms with Crippen LogP contribution in [0.1, 0.15) is 26.7 Å². The van der Waals surface area contributed by atoms with Gasteiger partial charge >= 0.3 is 0 Å². The minimum Gasteiger partial charge on any atom is -0.311 e. The van der Waals surface area contributed by atoms with Crippen LogP contribution in [0.2, 0.25) is 0 Å². The van der Waals surface area contributed by atoms with Gasteiger partial charge in [-0.25, -0.2) is 0 Å². The van der Waals surface area contributed by atoms with Crippen LogP contribution in [0.5, 0.6) is 0 Å². The molecule has 3 rings (SSSR count). The van der Waals surface area contributed by atoms with E-state index < -0.39 is 0 Å². The minimum absolute atomic E-state index is 0.755. The van der Waals surface area contributed by atoms with E-state index in [1.807, 2.05) is 0 Å². The lowest BCUT2D eigenvalue weighted by molar-refractivity contribution is 0.249. The van der Waals surface area contributed by atoms with Gasteiger partial charge < -0.3 is 10.2 Å². The van der Waals surface area contributed by atoms with Crippen molar-refractivity contribution in [1.82, 2.24) is 10.2 Å². The molecule has 74 valence electrons. The van der Waals surface area contributed by atoms with Gasteiger partial charge in [0.1, 0.15) is 0 Å². The summed E-state index contributed by atoms with van der Waals surface area (Å²) in [5.74, 6) is 1.97. The fourth-order valence-electron chi connectivity index (χ4n) is 3.64. The average Bonchev–Trinajstić information content (AvgIpc) is 2.76. The molecule has 0 saturated carbocycles. The fraction of sp³-hybridized carbons (Fsp3) is 1.00. The summed E-state index contributed by atoms with van der Waals surface area (Å²) in [7, 11) is 0. The molecular weight excluding hydrogens is 160 g/mol. The maximum Gasteiger partial charge on any atom is 0.0115 e. The Hall–Kier alpha value is -0.0800. The van der Waals surface area contributed by atoms with E-state index in [1.54, 1.807) is 0 Å². The Morgan fingerprint density at radius 1 is 1.08 bits per heavy atom. The van der Waals surface area contributed by atoms with E-state index in [-0.39, 0.29) is 0 Å². The molecule has 0 aromatic carbocycles. The molecule has 0 spiro atoms. The lowest BCUT2D eigenvalue weighted by Crippen LogP contribution is -2.34. The molecule has 3 heterocycles. The van der Waals surface area contributed by atoms with Crippen LogP contribution in [-0.2, 0) is 0 Å². The summed E-state index contributed by atoms with van der Waals surface area (Å²) in [5, 5.41) is 3.76.